The fraction of sp³-hybridized carbons (Fsp3) is 0.423. The zero-order valence-corrected chi connectivity index (χ0v) is 19.1. The van der Waals surface area contributed by atoms with Gasteiger partial charge in [-0.3, -0.25) is 24.2 Å². The van der Waals surface area contributed by atoms with Crippen LogP contribution in [0, 0.1) is 0 Å². The number of morpholine rings is 1. The lowest BCUT2D eigenvalue weighted by atomic mass is 10.1. The molecule has 0 radical (unpaired) electrons. The molecule has 2 fully saturated rings. The number of amides is 3. The highest BCUT2D eigenvalue weighted by Crippen LogP contribution is 2.19. The maximum atomic E-state index is 13.6. The summed E-state index contributed by atoms with van der Waals surface area (Å²) in [5.74, 6) is -0.295. The van der Waals surface area contributed by atoms with E-state index in [1.54, 1.807) is 12.1 Å². The molecule has 174 valence electrons. The number of rotatable bonds is 8. The zero-order chi connectivity index (χ0) is 23.2. The van der Waals surface area contributed by atoms with Crippen molar-refractivity contribution in [3.63, 3.8) is 0 Å². The Bertz CT molecular complexity index is 955. The van der Waals surface area contributed by atoms with Crippen LogP contribution in [0.5, 0.6) is 0 Å². The molecule has 4 rings (SSSR count). The van der Waals surface area contributed by atoms with E-state index in [1.165, 1.54) is 4.90 Å². The lowest BCUT2D eigenvalue weighted by molar-refractivity contribution is -0.139. The predicted octanol–water partition coefficient (Wildman–Crippen LogP) is 2.70. The molecule has 0 saturated carbocycles. The van der Waals surface area contributed by atoms with Gasteiger partial charge in [0, 0.05) is 50.6 Å². The van der Waals surface area contributed by atoms with Crippen LogP contribution in [-0.4, -0.2) is 71.3 Å². The van der Waals surface area contributed by atoms with Crippen molar-refractivity contribution in [1.29, 1.82) is 0 Å². The fourth-order valence-electron chi connectivity index (χ4n) is 4.36. The summed E-state index contributed by atoms with van der Waals surface area (Å²) < 4.78 is 5.46. The van der Waals surface area contributed by atoms with Crippen molar-refractivity contribution in [2.75, 3.05) is 32.8 Å². The van der Waals surface area contributed by atoms with Crippen molar-refractivity contribution >= 4 is 17.7 Å². The minimum atomic E-state index is -0.133. The first-order valence-corrected chi connectivity index (χ1v) is 11.6. The number of nitrogens with zero attached hydrogens (tertiary/aromatic N) is 3. The molecular weight excluding hydrogens is 418 g/mol. The highest BCUT2D eigenvalue weighted by Gasteiger charge is 2.29. The van der Waals surface area contributed by atoms with Gasteiger partial charge in [0.05, 0.1) is 19.8 Å². The first kappa shape index (κ1) is 23.1. The molecule has 2 aromatic carbocycles. The molecule has 7 heteroatoms. The minimum Gasteiger partial charge on any atom is -0.379 e. The van der Waals surface area contributed by atoms with Crippen LogP contribution >= 0.6 is 0 Å². The largest absolute Gasteiger partial charge is 0.379 e. The molecule has 33 heavy (non-hydrogen) atoms. The second-order valence-electron chi connectivity index (χ2n) is 8.75. The van der Waals surface area contributed by atoms with Crippen LogP contribution in [0.1, 0.15) is 41.3 Å². The Morgan fingerprint density at radius 3 is 2.21 bits per heavy atom. The van der Waals surface area contributed by atoms with Gasteiger partial charge in [-0.1, -0.05) is 42.5 Å². The summed E-state index contributed by atoms with van der Waals surface area (Å²) >= 11 is 0. The topological polar surface area (TPSA) is 70.2 Å². The van der Waals surface area contributed by atoms with E-state index in [2.05, 4.69) is 11.8 Å². The van der Waals surface area contributed by atoms with Gasteiger partial charge in [-0.2, -0.15) is 0 Å². The monoisotopic (exact) mass is 449 g/mol. The van der Waals surface area contributed by atoms with Crippen LogP contribution < -0.4 is 0 Å². The average Bonchev–Trinajstić information content (AvgIpc) is 3.16. The lowest BCUT2D eigenvalue weighted by Crippen LogP contribution is -2.48. The average molecular weight is 450 g/mol. The number of hydrogen-bond donors (Lipinski definition) is 0. The Hall–Kier alpha value is -3.03. The van der Waals surface area contributed by atoms with Gasteiger partial charge in [-0.25, -0.2) is 0 Å². The van der Waals surface area contributed by atoms with Crippen LogP contribution in [0.2, 0.25) is 0 Å². The Morgan fingerprint density at radius 2 is 1.58 bits per heavy atom. The molecular formula is C26H31N3O4. The summed E-state index contributed by atoms with van der Waals surface area (Å²) in [6, 6.07) is 17.3. The number of benzene rings is 2. The third-order valence-corrected chi connectivity index (χ3v) is 6.31. The van der Waals surface area contributed by atoms with E-state index < -0.39 is 0 Å². The van der Waals surface area contributed by atoms with E-state index in [4.69, 9.17) is 4.74 Å². The maximum Gasteiger partial charge on any atom is 0.254 e. The van der Waals surface area contributed by atoms with Gasteiger partial charge >= 0.3 is 0 Å². The number of carbonyl (C=O) groups is 3. The summed E-state index contributed by atoms with van der Waals surface area (Å²) in [5.41, 5.74) is 2.52. The molecule has 2 aliphatic rings. The molecule has 3 amide bonds. The smallest absolute Gasteiger partial charge is 0.254 e. The third kappa shape index (κ3) is 5.86. The molecule has 0 bridgehead atoms. The SMILES string of the molecule is CC(CN1CCOCC1)N(Cc1ccccc1)C(=O)c1ccc(CN2C(=O)CCC2=O)cc1. The highest BCUT2D eigenvalue weighted by atomic mass is 16.5. The van der Waals surface area contributed by atoms with Gasteiger partial charge in [-0.15, -0.1) is 0 Å². The Kier molecular flexibility index (Phi) is 7.52. The van der Waals surface area contributed by atoms with Crippen LogP contribution in [0.3, 0.4) is 0 Å². The van der Waals surface area contributed by atoms with Crippen molar-refractivity contribution in [2.24, 2.45) is 0 Å². The van der Waals surface area contributed by atoms with Gasteiger partial charge in [-0.05, 0) is 30.2 Å². The summed E-state index contributed by atoms with van der Waals surface area (Å²) in [6.07, 6.45) is 0.565. The zero-order valence-electron chi connectivity index (χ0n) is 19.1. The molecule has 2 saturated heterocycles. The number of carbonyl (C=O) groups excluding carboxylic acids is 3. The summed E-state index contributed by atoms with van der Waals surface area (Å²) in [5, 5.41) is 0. The Balaban J connectivity index is 1.48. The second kappa shape index (κ2) is 10.7. The van der Waals surface area contributed by atoms with E-state index in [-0.39, 0.29) is 43.1 Å². The van der Waals surface area contributed by atoms with E-state index in [0.29, 0.717) is 12.1 Å². The number of imide groups is 1. The number of likely N-dealkylation sites (tertiary alicyclic amines) is 1. The summed E-state index contributed by atoms with van der Waals surface area (Å²) in [4.78, 5) is 42.9. The van der Waals surface area contributed by atoms with Crippen molar-refractivity contribution < 1.29 is 19.1 Å². The second-order valence-corrected chi connectivity index (χ2v) is 8.75. The van der Waals surface area contributed by atoms with Gasteiger partial charge in [0.2, 0.25) is 11.8 Å². The van der Waals surface area contributed by atoms with E-state index in [9.17, 15) is 14.4 Å². The lowest BCUT2D eigenvalue weighted by Gasteiger charge is -2.35. The minimum absolute atomic E-state index is 0.0234. The van der Waals surface area contributed by atoms with Crippen molar-refractivity contribution in [3.05, 3.63) is 71.3 Å². The van der Waals surface area contributed by atoms with Crippen LogP contribution in [0.4, 0.5) is 0 Å². The van der Waals surface area contributed by atoms with Gasteiger partial charge < -0.3 is 9.64 Å². The predicted molar refractivity (Wildman–Crippen MR) is 124 cm³/mol. The standard InChI is InChI=1S/C26H31N3O4/c1-20(17-27-13-15-33-16-14-27)28(18-21-5-3-2-4-6-21)26(32)23-9-7-22(8-10-23)19-29-24(30)11-12-25(29)31/h2-10,20H,11-19H2,1H3. The molecule has 2 aromatic rings. The molecule has 2 aliphatic heterocycles. The van der Waals surface area contributed by atoms with E-state index >= 15 is 0 Å². The molecule has 1 unspecified atom stereocenters. The maximum absolute atomic E-state index is 13.6. The molecule has 0 aliphatic carbocycles. The van der Waals surface area contributed by atoms with Gasteiger partial charge in [0.1, 0.15) is 0 Å². The Morgan fingerprint density at radius 1 is 0.939 bits per heavy atom. The number of ether oxygens (including phenoxy) is 1. The van der Waals surface area contributed by atoms with Gasteiger partial charge in [0.25, 0.3) is 5.91 Å². The van der Waals surface area contributed by atoms with E-state index in [0.717, 1.165) is 44.0 Å². The van der Waals surface area contributed by atoms with Crippen LogP contribution in [0.15, 0.2) is 54.6 Å². The highest BCUT2D eigenvalue weighted by molar-refractivity contribution is 6.01. The molecule has 0 N–H and O–H groups in total. The molecule has 2 heterocycles. The van der Waals surface area contributed by atoms with Crippen molar-refractivity contribution in [3.8, 4) is 0 Å². The summed E-state index contributed by atoms with van der Waals surface area (Å²) in [6.45, 7) is 6.87. The normalized spacial score (nSPS) is 17.9. The first-order chi connectivity index (χ1) is 16.0. The fourth-order valence-corrected chi connectivity index (χ4v) is 4.36. The van der Waals surface area contributed by atoms with Crippen molar-refractivity contribution in [2.45, 2.75) is 38.9 Å². The Labute approximate surface area is 194 Å². The van der Waals surface area contributed by atoms with Crippen LogP contribution in [0.25, 0.3) is 0 Å². The van der Waals surface area contributed by atoms with Crippen LogP contribution in [-0.2, 0) is 27.4 Å². The molecule has 0 spiro atoms. The third-order valence-electron chi connectivity index (χ3n) is 6.31. The van der Waals surface area contributed by atoms with Gasteiger partial charge in [0.15, 0.2) is 0 Å². The first-order valence-electron chi connectivity index (χ1n) is 11.6. The quantitative estimate of drug-likeness (QED) is 0.580. The summed E-state index contributed by atoms with van der Waals surface area (Å²) in [7, 11) is 0. The molecule has 0 aromatic heterocycles. The van der Waals surface area contributed by atoms with E-state index in [1.807, 2.05) is 47.4 Å². The van der Waals surface area contributed by atoms with Crippen molar-refractivity contribution in [1.82, 2.24) is 14.7 Å². The molecule has 7 nitrogen and oxygen atoms in total. The number of hydrogen-bond acceptors (Lipinski definition) is 5. The molecule has 1 atom stereocenters.